The maximum absolute atomic E-state index is 14.5. The van der Waals surface area contributed by atoms with E-state index in [1.807, 2.05) is 15.4 Å². The van der Waals surface area contributed by atoms with Crippen molar-refractivity contribution >= 4 is 11.6 Å². The van der Waals surface area contributed by atoms with Gasteiger partial charge in [-0.1, -0.05) is 6.07 Å². The average molecular weight is 458 g/mol. The van der Waals surface area contributed by atoms with E-state index < -0.39 is 0 Å². The molecule has 0 bridgehead atoms. The van der Waals surface area contributed by atoms with E-state index in [0.717, 1.165) is 60.6 Å². The van der Waals surface area contributed by atoms with Crippen LogP contribution in [0, 0.1) is 5.82 Å². The molecule has 0 unspecified atom stereocenters. The topological polar surface area (TPSA) is 85.5 Å². The zero-order valence-electron chi connectivity index (χ0n) is 18.6. The summed E-state index contributed by atoms with van der Waals surface area (Å²) in [5.41, 5.74) is 4.30. The van der Waals surface area contributed by atoms with Crippen molar-refractivity contribution in [3.8, 4) is 16.9 Å². The van der Waals surface area contributed by atoms with Gasteiger partial charge in [0, 0.05) is 55.0 Å². The lowest BCUT2D eigenvalue weighted by molar-refractivity contribution is 0.0787. The Bertz CT molecular complexity index is 1380. The van der Waals surface area contributed by atoms with Gasteiger partial charge in [-0.15, -0.1) is 10.2 Å². The van der Waals surface area contributed by atoms with Crippen molar-refractivity contribution in [2.24, 2.45) is 0 Å². The van der Waals surface area contributed by atoms with Crippen LogP contribution in [-0.2, 0) is 19.3 Å². The third-order valence-electron chi connectivity index (χ3n) is 6.64. The molecule has 4 aromatic rings. The van der Waals surface area contributed by atoms with Crippen molar-refractivity contribution in [2.75, 3.05) is 19.7 Å². The maximum Gasteiger partial charge on any atom is 0.272 e. The second-order valence-electron chi connectivity index (χ2n) is 8.65. The number of hydrogen-bond acceptors (Lipinski definition) is 6. The van der Waals surface area contributed by atoms with Gasteiger partial charge in [-0.25, -0.2) is 9.37 Å². The predicted molar refractivity (Wildman–Crippen MR) is 122 cm³/mol. The highest BCUT2D eigenvalue weighted by Crippen LogP contribution is 2.31. The van der Waals surface area contributed by atoms with Gasteiger partial charge in [0.25, 0.3) is 5.91 Å². The zero-order valence-corrected chi connectivity index (χ0v) is 18.6. The quantitative estimate of drug-likeness (QED) is 0.456. The molecule has 172 valence electrons. The molecule has 9 heteroatoms. The number of rotatable bonds is 5. The molecular formula is C25H23FN6O2. The number of halogens is 1. The molecule has 1 aromatic carbocycles. The molecule has 5 heterocycles. The van der Waals surface area contributed by atoms with Crippen LogP contribution in [0.3, 0.4) is 0 Å². The Hall–Kier alpha value is -3.88. The number of pyridine rings is 1. The summed E-state index contributed by atoms with van der Waals surface area (Å²) >= 11 is 0. The lowest BCUT2D eigenvalue weighted by Crippen LogP contribution is -2.28. The minimum atomic E-state index is -0.212. The minimum Gasteiger partial charge on any atom is -0.493 e. The monoisotopic (exact) mass is 458 g/mol. The number of ether oxygens (including phenoxy) is 1. The van der Waals surface area contributed by atoms with Gasteiger partial charge in [0.1, 0.15) is 29.4 Å². The summed E-state index contributed by atoms with van der Waals surface area (Å²) in [6, 6.07) is 6.78. The molecule has 8 nitrogen and oxygen atoms in total. The van der Waals surface area contributed by atoms with Crippen LogP contribution in [0.25, 0.3) is 16.8 Å². The fourth-order valence-corrected chi connectivity index (χ4v) is 4.84. The molecule has 0 radical (unpaired) electrons. The molecule has 1 saturated heterocycles. The normalized spacial score (nSPS) is 15.0. The van der Waals surface area contributed by atoms with Crippen LogP contribution in [0.1, 0.15) is 40.3 Å². The van der Waals surface area contributed by atoms with Crippen molar-refractivity contribution in [2.45, 2.75) is 32.1 Å². The van der Waals surface area contributed by atoms with E-state index in [1.54, 1.807) is 30.9 Å². The Kier molecular flexibility index (Phi) is 5.16. The minimum absolute atomic E-state index is 0.0322. The second-order valence-corrected chi connectivity index (χ2v) is 8.65. The first kappa shape index (κ1) is 20.7. The lowest BCUT2D eigenvalue weighted by atomic mass is 10.00. The van der Waals surface area contributed by atoms with E-state index in [-0.39, 0.29) is 11.7 Å². The number of likely N-dealkylation sites (tertiary alicyclic amines) is 1. The summed E-state index contributed by atoms with van der Waals surface area (Å²) in [4.78, 5) is 23.5. The van der Waals surface area contributed by atoms with E-state index in [9.17, 15) is 9.18 Å². The summed E-state index contributed by atoms with van der Waals surface area (Å²) in [5, 5.41) is 8.36. The van der Waals surface area contributed by atoms with Gasteiger partial charge in [0.2, 0.25) is 0 Å². The standard InChI is InChI=1S/C25H23FN6O2/c26-20-5-7-22-18(9-12-34-22)17(20)4-8-23-28-14-19(24-30-29-15-32(23)24)16-3-6-21(27-13-16)25(33)31-10-1-2-11-31/h3,5-7,13-15H,1-2,4,8-12H2. The molecule has 1 amide bonds. The number of benzene rings is 1. The second kappa shape index (κ2) is 8.48. The number of aromatic nitrogens is 5. The highest BCUT2D eigenvalue weighted by Gasteiger charge is 2.22. The lowest BCUT2D eigenvalue weighted by Gasteiger charge is -2.14. The molecule has 0 spiro atoms. The van der Waals surface area contributed by atoms with Crippen molar-refractivity contribution in [3.63, 3.8) is 0 Å². The Morgan fingerprint density at radius 2 is 1.94 bits per heavy atom. The van der Waals surface area contributed by atoms with Gasteiger partial charge in [-0.3, -0.25) is 14.2 Å². The molecule has 0 atom stereocenters. The highest BCUT2D eigenvalue weighted by atomic mass is 19.1. The highest BCUT2D eigenvalue weighted by molar-refractivity contribution is 5.93. The number of carbonyl (C=O) groups is 1. The number of aryl methyl sites for hydroxylation is 1. The third-order valence-corrected chi connectivity index (χ3v) is 6.64. The number of amides is 1. The van der Waals surface area contributed by atoms with Gasteiger partial charge in [0.05, 0.1) is 6.61 Å². The van der Waals surface area contributed by atoms with Crippen molar-refractivity contribution in [1.29, 1.82) is 0 Å². The van der Waals surface area contributed by atoms with Gasteiger partial charge >= 0.3 is 0 Å². The molecule has 2 aliphatic heterocycles. The Morgan fingerprint density at radius 3 is 2.76 bits per heavy atom. The van der Waals surface area contributed by atoms with Crippen LogP contribution in [0.5, 0.6) is 5.75 Å². The number of hydrogen-bond donors (Lipinski definition) is 0. The Balaban J connectivity index is 1.26. The fraction of sp³-hybridized carbons (Fsp3) is 0.320. The zero-order chi connectivity index (χ0) is 23.1. The molecular weight excluding hydrogens is 435 g/mol. The van der Waals surface area contributed by atoms with Crippen molar-refractivity contribution in [3.05, 3.63) is 71.4 Å². The average Bonchev–Trinajstić information content (AvgIpc) is 3.64. The predicted octanol–water partition coefficient (Wildman–Crippen LogP) is 3.28. The maximum atomic E-state index is 14.5. The number of carbonyl (C=O) groups excluding carboxylic acids is 1. The van der Waals surface area contributed by atoms with E-state index in [2.05, 4.69) is 20.2 Å². The van der Waals surface area contributed by atoms with Crippen LogP contribution in [0.2, 0.25) is 0 Å². The van der Waals surface area contributed by atoms with E-state index in [1.165, 1.54) is 6.07 Å². The molecule has 6 rings (SSSR count). The molecule has 1 fully saturated rings. The first-order valence-corrected chi connectivity index (χ1v) is 11.6. The summed E-state index contributed by atoms with van der Waals surface area (Å²) in [7, 11) is 0. The summed E-state index contributed by atoms with van der Waals surface area (Å²) in [6.45, 7) is 2.17. The summed E-state index contributed by atoms with van der Waals surface area (Å²) in [6.07, 6.45) is 8.88. The Morgan fingerprint density at radius 1 is 1.06 bits per heavy atom. The third kappa shape index (κ3) is 3.57. The van der Waals surface area contributed by atoms with Crippen molar-refractivity contribution in [1.82, 2.24) is 29.5 Å². The van der Waals surface area contributed by atoms with Crippen LogP contribution >= 0.6 is 0 Å². The van der Waals surface area contributed by atoms with Crippen LogP contribution in [0.15, 0.2) is 43.0 Å². The summed E-state index contributed by atoms with van der Waals surface area (Å²) in [5.74, 6) is 1.27. The van der Waals surface area contributed by atoms with E-state index in [0.29, 0.717) is 36.4 Å². The largest absolute Gasteiger partial charge is 0.493 e. The van der Waals surface area contributed by atoms with Crippen LogP contribution < -0.4 is 4.74 Å². The van der Waals surface area contributed by atoms with Crippen LogP contribution in [-0.4, -0.2) is 55.1 Å². The molecule has 34 heavy (non-hydrogen) atoms. The van der Waals surface area contributed by atoms with Crippen LogP contribution in [0.4, 0.5) is 4.39 Å². The van der Waals surface area contributed by atoms with Gasteiger partial charge in [0.15, 0.2) is 5.65 Å². The van der Waals surface area contributed by atoms with Crippen molar-refractivity contribution < 1.29 is 13.9 Å². The van der Waals surface area contributed by atoms with Gasteiger partial charge < -0.3 is 9.64 Å². The molecule has 2 aliphatic rings. The molecule has 0 N–H and O–H groups in total. The molecule has 0 saturated carbocycles. The summed E-state index contributed by atoms with van der Waals surface area (Å²) < 4.78 is 21.9. The van der Waals surface area contributed by atoms with E-state index >= 15 is 0 Å². The fourth-order valence-electron chi connectivity index (χ4n) is 4.84. The smallest absolute Gasteiger partial charge is 0.272 e. The first-order valence-electron chi connectivity index (χ1n) is 11.6. The first-order chi connectivity index (χ1) is 16.7. The van der Waals surface area contributed by atoms with Gasteiger partial charge in [-0.05, 0) is 43.0 Å². The molecule has 3 aromatic heterocycles. The van der Waals surface area contributed by atoms with E-state index in [4.69, 9.17) is 4.74 Å². The Labute approximate surface area is 195 Å². The SMILES string of the molecule is O=C(c1ccc(-c2cnc(CCc3c(F)ccc4c3CCO4)n3cnnc23)cn1)N1CCCC1. The number of fused-ring (bicyclic) bond motifs is 2. The number of nitrogens with zero attached hydrogens (tertiary/aromatic N) is 6. The molecule has 0 aliphatic carbocycles. The van der Waals surface area contributed by atoms with Gasteiger partial charge in [-0.2, -0.15) is 0 Å².